The number of benzene rings is 2. The van der Waals surface area contributed by atoms with Crippen LogP contribution in [-0.4, -0.2) is 43.5 Å². The van der Waals surface area contributed by atoms with Crippen LogP contribution < -0.4 is 20.1 Å². The van der Waals surface area contributed by atoms with Crippen molar-refractivity contribution in [3.8, 4) is 23.3 Å². The standard InChI is InChI=1S/C24H22N4O4/c1-30-16-3-5-20-14(10-16)11-18(24(27-20)28-6-8-31-9-7-28)22-17-4-2-15(29)12-21(17)32-23(26)19(22)13-25/h2-5,10-12,22,29H,6-9,26H2,1H3. The molecule has 1 aromatic heterocycles. The normalized spacial score (nSPS) is 18.1. The molecule has 1 unspecified atom stereocenters. The average molecular weight is 430 g/mol. The van der Waals surface area contributed by atoms with Gasteiger partial charge < -0.3 is 30.0 Å². The van der Waals surface area contributed by atoms with Crippen molar-refractivity contribution in [3.05, 3.63) is 65.0 Å². The molecule has 0 amide bonds. The maximum Gasteiger partial charge on any atom is 0.205 e. The first-order valence-electron chi connectivity index (χ1n) is 10.3. The first-order chi connectivity index (χ1) is 15.6. The molecule has 1 atom stereocenters. The number of fused-ring (bicyclic) bond motifs is 2. The minimum absolute atomic E-state index is 0.0225. The number of pyridine rings is 1. The second kappa shape index (κ2) is 7.94. The molecule has 0 saturated carbocycles. The summed E-state index contributed by atoms with van der Waals surface area (Å²) >= 11 is 0. The summed E-state index contributed by atoms with van der Waals surface area (Å²) in [6.45, 7) is 2.58. The predicted octanol–water partition coefficient (Wildman–Crippen LogP) is 3.00. The van der Waals surface area contributed by atoms with Crippen molar-refractivity contribution in [2.24, 2.45) is 5.73 Å². The molecule has 8 nitrogen and oxygen atoms in total. The number of phenols is 1. The van der Waals surface area contributed by atoms with Crippen LogP contribution in [0.25, 0.3) is 10.9 Å². The highest BCUT2D eigenvalue weighted by Gasteiger charge is 2.34. The predicted molar refractivity (Wildman–Crippen MR) is 119 cm³/mol. The second-order valence-corrected chi connectivity index (χ2v) is 7.71. The van der Waals surface area contributed by atoms with Gasteiger partial charge in [0.2, 0.25) is 5.88 Å². The lowest BCUT2D eigenvalue weighted by atomic mass is 9.83. The number of aromatic nitrogens is 1. The van der Waals surface area contributed by atoms with E-state index in [0.29, 0.717) is 37.6 Å². The molecule has 2 aliphatic heterocycles. The highest BCUT2D eigenvalue weighted by atomic mass is 16.5. The van der Waals surface area contributed by atoms with Crippen LogP contribution in [0.2, 0.25) is 0 Å². The van der Waals surface area contributed by atoms with E-state index in [9.17, 15) is 10.4 Å². The highest BCUT2D eigenvalue weighted by Crippen LogP contribution is 2.46. The van der Waals surface area contributed by atoms with Crippen molar-refractivity contribution in [2.45, 2.75) is 5.92 Å². The number of ether oxygens (including phenoxy) is 3. The Labute approximate surface area is 185 Å². The van der Waals surface area contributed by atoms with Gasteiger partial charge in [-0.3, -0.25) is 0 Å². The molecular formula is C24H22N4O4. The molecule has 1 saturated heterocycles. The van der Waals surface area contributed by atoms with E-state index in [0.717, 1.165) is 33.6 Å². The number of anilines is 1. The van der Waals surface area contributed by atoms with Gasteiger partial charge in [-0.2, -0.15) is 5.26 Å². The van der Waals surface area contributed by atoms with Crippen molar-refractivity contribution in [2.75, 3.05) is 38.3 Å². The van der Waals surface area contributed by atoms with E-state index in [2.05, 4.69) is 11.0 Å². The zero-order valence-electron chi connectivity index (χ0n) is 17.5. The van der Waals surface area contributed by atoms with Crippen LogP contribution in [0.1, 0.15) is 17.0 Å². The van der Waals surface area contributed by atoms with Crippen molar-refractivity contribution >= 4 is 16.7 Å². The topological polar surface area (TPSA) is 114 Å². The third kappa shape index (κ3) is 3.33. The van der Waals surface area contributed by atoms with Crippen molar-refractivity contribution in [1.82, 2.24) is 4.98 Å². The fourth-order valence-electron chi connectivity index (χ4n) is 4.29. The zero-order valence-corrected chi connectivity index (χ0v) is 17.5. The smallest absolute Gasteiger partial charge is 0.205 e. The van der Waals surface area contributed by atoms with Crippen LogP contribution >= 0.6 is 0 Å². The maximum atomic E-state index is 9.98. The number of morpholine rings is 1. The average Bonchev–Trinajstić information content (AvgIpc) is 2.82. The molecule has 0 radical (unpaired) electrons. The van der Waals surface area contributed by atoms with Crippen LogP contribution in [0.15, 0.2) is 53.9 Å². The molecule has 3 aromatic rings. The molecule has 162 valence electrons. The molecule has 1 fully saturated rings. The summed E-state index contributed by atoms with van der Waals surface area (Å²) in [5.41, 5.74) is 8.86. The minimum atomic E-state index is -0.495. The first kappa shape index (κ1) is 20.0. The molecule has 5 rings (SSSR count). The van der Waals surface area contributed by atoms with Gasteiger partial charge in [-0.15, -0.1) is 0 Å². The number of phenolic OH excluding ortho intramolecular Hbond substituents is 1. The number of aromatic hydroxyl groups is 1. The Morgan fingerprint density at radius 1 is 1.16 bits per heavy atom. The Kier molecular flexibility index (Phi) is 4.96. The van der Waals surface area contributed by atoms with E-state index in [1.807, 2.05) is 24.3 Å². The number of allylic oxidation sites excluding steroid dienone is 1. The first-order valence-corrected chi connectivity index (χ1v) is 10.3. The fraction of sp³-hybridized carbons (Fsp3) is 0.250. The molecule has 0 aliphatic carbocycles. The van der Waals surface area contributed by atoms with Gasteiger partial charge in [-0.1, -0.05) is 6.07 Å². The molecular weight excluding hydrogens is 408 g/mol. The number of hydrogen-bond donors (Lipinski definition) is 2. The Balaban J connectivity index is 1.78. The second-order valence-electron chi connectivity index (χ2n) is 7.71. The van der Waals surface area contributed by atoms with Gasteiger partial charge in [0.15, 0.2) is 0 Å². The molecule has 0 bridgehead atoms. The summed E-state index contributed by atoms with van der Waals surface area (Å²) in [6.07, 6.45) is 0. The summed E-state index contributed by atoms with van der Waals surface area (Å²) in [5, 5.41) is 20.8. The third-order valence-corrected chi connectivity index (χ3v) is 5.85. The molecule has 3 heterocycles. The summed E-state index contributed by atoms with van der Waals surface area (Å²) < 4.78 is 16.6. The van der Waals surface area contributed by atoms with Gasteiger partial charge in [0, 0.05) is 35.7 Å². The van der Waals surface area contributed by atoms with E-state index in [-0.39, 0.29) is 11.6 Å². The van der Waals surface area contributed by atoms with E-state index in [1.54, 1.807) is 19.2 Å². The monoisotopic (exact) mass is 430 g/mol. The molecule has 32 heavy (non-hydrogen) atoms. The van der Waals surface area contributed by atoms with E-state index >= 15 is 0 Å². The van der Waals surface area contributed by atoms with E-state index < -0.39 is 5.92 Å². The van der Waals surface area contributed by atoms with Crippen LogP contribution in [-0.2, 0) is 4.74 Å². The number of hydrogen-bond acceptors (Lipinski definition) is 8. The quantitative estimate of drug-likeness (QED) is 0.652. The van der Waals surface area contributed by atoms with Gasteiger partial charge in [0.25, 0.3) is 0 Å². The number of nitrogens with zero attached hydrogens (tertiary/aromatic N) is 3. The summed E-state index contributed by atoms with van der Waals surface area (Å²) in [7, 11) is 1.62. The molecule has 3 N–H and O–H groups in total. The van der Waals surface area contributed by atoms with Crippen LogP contribution in [0.4, 0.5) is 5.82 Å². The molecule has 0 spiro atoms. The Bertz CT molecular complexity index is 1270. The van der Waals surface area contributed by atoms with E-state index in [4.69, 9.17) is 24.9 Å². The van der Waals surface area contributed by atoms with Gasteiger partial charge in [-0.25, -0.2) is 4.98 Å². The number of nitrogens with two attached hydrogens (primary N) is 1. The molecule has 2 aromatic carbocycles. The lowest BCUT2D eigenvalue weighted by Crippen LogP contribution is -2.38. The maximum absolute atomic E-state index is 9.98. The minimum Gasteiger partial charge on any atom is -0.508 e. The van der Waals surface area contributed by atoms with Crippen molar-refractivity contribution < 1.29 is 19.3 Å². The Hall–Kier alpha value is -3.96. The number of nitriles is 1. The fourth-order valence-corrected chi connectivity index (χ4v) is 4.29. The summed E-state index contributed by atoms with van der Waals surface area (Å²) in [6, 6.07) is 14.8. The van der Waals surface area contributed by atoms with Gasteiger partial charge in [0.1, 0.15) is 34.7 Å². The van der Waals surface area contributed by atoms with Gasteiger partial charge >= 0.3 is 0 Å². The lowest BCUT2D eigenvalue weighted by Gasteiger charge is -2.33. The van der Waals surface area contributed by atoms with E-state index in [1.165, 1.54) is 6.07 Å². The molecule has 2 aliphatic rings. The van der Waals surface area contributed by atoms with Crippen LogP contribution in [0.3, 0.4) is 0 Å². The van der Waals surface area contributed by atoms with Crippen LogP contribution in [0.5, 0.6) is 17.2 Å². The van der Waals surface area contributed by atoms with Gasteiger partial charge in [-0.05, 0) is 30.3 Å². The SMILES string of the molecule is COc1ccc2nc(N3CCOCC3)c(C3C(C#N)=C(N)Oc4cc(O)ccc43)cc2c1. The van der Waals surface area contributed by atoms with Crippen molar-refractivity contribution in [3.63, 3.8) is 0 Å². The number of rotatable bonds is 3. The Morgan fingerprint density at radius 3 is 2.72 bits per heavy atom. The van der Waals surface area contributed by atoms with Crippen molar-refractivity contribution in [1.29, 1.82) is 5.26 Å². The van der Waals surface area contributed by atoms with Crippen LogP contribution in [0, 0.1) is 11.3 Å². The summed E-state index contributed by atoms with van der Waals surface area (Å²) in [4.78, 5) is 7.16. The number of methoxy groups -OCH3 is 1. The van der Waals surface area contributed by atoms with Gasteiger partial charge in [0.05, 0.1) is 31.8 Å². The Morgan fingerprint density at radius 2 is 1.97 bits per heavy atom. The lowest BCUT2D eigenvalue weighted by molar-refractivity contribution is 0.122. The summed E-state index contributed by atoms with van der Waals surface area (Å²) in [5.74, 6) is 1.50. The highest BCUT2D eigenvalue weighted by molar-refractivity contribution is 5.84. The zero-order chi connectivity index (χ0) is 22.2. The third-order valence-electron chi connectivity index (χ3n) is 5.85. The molecule has 8 heteroatoms. The largest absolute Gasteiger partial charge is 0.508 e.